The minimum atomic E-state index is -4.82. The second-order valence-corrected chi connectivity index (χ2v) is 3.12. The zero-order valence-electron chi connectivity index (χ0n) is 4.58. The van der Waals surface area contributed by atoms with Crippen molar-refractivity contribution in [3.8, 4) is 0 Å². The Morgan fingerprint density at radius 2 is 1.64 bits per heavy atom. The lowest BCUT2D eigenvalue weighted by atomic mass is 10.6. The minimum Gasteiger partial charge on any atom is -0.236 e. The summed E-state index contributed by atoms with van der Waals surface area (Å²) in [6.07, 6.45) is -3.23. The van der Waals surface area contributed by atoms with Gasteiger partial charge in [0.2, 0.25) is 5.83 Å². The van der Waals surface area contributed by atoms with E-state index in [0.29, 0.717) is 0 Å². The van der Waals surface area contributed by atoms with Gasteiger partial charge in [0, 0.05) is 0 Å². The van der Waals surface area contributed by atoms with Gasteiger partial charge in [-0.1, -0.05) is 0 Å². The predicted molar refractivity (Wildman–Crippen MR) is 29.3 cm³/mol. The third-order valence-electron chi connectivity index (χ3n) is 0.623. The molecule has 0 aromatic rings. The Kier molecular flexibility index (Phi) is 3.43. The van der Waals surface area contributed by atoms with Gasteiger partial charge in [0.25, 0.3) is 0 Å². The van der Waals surface area contributed by atoms with Crippen LogP contribution in [-0.4, -0.2) is 9.46 Å². The molecule has 11 heavy (non-hydrogen) atoms. The van der Waals surface area contributed by atoms with Crippen LogP contribution in [0.5, 0.6) is 0 Å². The van der Waals surface area contributed by atoms with Crippen molar-refractivity contribution in [3.05, 3.63) is 11.9 Å². The van der Waals surface area contributed by atoms with Crippen molar-refractivity contribution < 1.29 is 26.2 Å². The van der Waals surface area contributed by atoms with Crippen molar-refractivity contribution >= 4 is 20.7 Å². The fourth-order valence-electron chi connectivity index (χ4n) is 0.180. The van der Waals surface area contributed by atoms with Gasteiger partial charge in [0.05, 0.1) is 0 Å². The molecule has 0 heterocycles. The smallest absolute Gasteiger partial charge is 0.236 e. The van der Waals surface area contributed by atoms with Gasteiger partial charge in [-0.05, 0) is 10.7 Å². The first-order chi connectivity index (χ1) is 4.80. The Morgan fingerprint density at radius 3 is 1.73 bits per heavy atom. The van der Waals surface area contributed by atoms with Crippen molar-refractivity contribution in [2.75, 3.05) is 0 Å². The van der Waals surface area contributed by atoms with Gasteiger partial charge in [0.15, 0.2) is 10.0 Å². The third kappa shape index (κ3) is 2.41. The number of rotatable bonds is 2. The Bertz CT molecular complexity index is 210. The lowest BCUT2D eigenvalue weighted by Gasteiger charge is -2.06. The van der Waals surface area contributed by atoms with Crippen molar-refractivity contribution in [2.45, 2.75) is 5.25 Å². The molecule has 0 N–H and O–H groups in total. The molecule has 0 fully saturated rings. The molecule has 0 aliphatic heterocycles. The highest BCUT2D eigenvalue weighted by Gasteiger charge is 2.45. The molecule has 0 amide bonds. The predicted octanol–water partition coefficient (Wildman–Crippen LogP) is 2.56. The first-order valence-corrected chi connectivity index (χ1v) is 3.95. The van der Waals surface area contributed by atoms with Crippen LogP contribution in [-0.2, 0) is 10.0 Å². The molecule has 0 rings (SSSR count). The minimum absolute atomic E-state index is 3.06. The van der Waals surface area contributed by atoms with Crippen molar-refractivity contribution in [3.63, 3.8) is 0 Å². The average Bonchev–Trinajstić information content (AvgIpc) is 1.85. The first kappa shape index (κ1) is 10.8. The third-order valence-corrected chi connectivity index (χ3v) is 1.79. The molecule has 0 saturated heterocycles. The molecular formula is C3ClF5OS. The highest BCUT2D eigenvalue weighted by atomic mass is 35.7. The first-order valence-electron chi connectivity index (χ1n) is 1.97. The maximum atomic E-state index is 11.8. The lowest BCUT2D eigenvalue weighted by Crippen LogP contribution is -2.20. The summed E-state index contributed by atoms with van der Waals surface area (Å²) in [4.78, 5) is 0. The fourth-order valence-corrected chi connectivity index (χ4v) is 0.602. The Balaban J connectivity index is 4.86. The summed E-state index contributed by atoms with van der Waals surface area (Å²) in [5.74, 6) is -3.06. The van der Waals surface area contributed by atoms with Gasteiger partial charge in [-0.15, -0.1) is 0 Å². The topological polar surface area (TPSA) is 17.1 Å². The summed E-state index contributed by atoms with van der Waals surface area (Å²) in [5.41, 5.74) is 0. The normalized spacial score (nSPS) is 14.4. The van der Waals surface area contributed by atoms with E-state index >= 15 is 0 Å². The molecule has 0 saturated carbocycles. The molecule has 1 atom stereocenters. The van der Waals surface area contributed by atoms with Gasteiger partial charge < -0.3 is 0 Å². The van der Waals surface area contributed by atoms with E-state index in [1.807, 2.05) is 0 Å². The van der Waals surface area contributed by atoms with E-state index in [0.717, 1.165) is 0 Å². The van der Waals surface area contributed by atoms with E-state index in [1.165, 1.54) is 0 Å². The highest BCUT2D eigenvalue weighted by Crippen LogP contribution is 2.33. The molecule has 0 aromatic heterocycles. The van der Waals surface area contributed by atoms with E-state index in [9.17, 15) is 26.2 Å². The van der Waals surface area contributed by atoms with Crippen molar-refractivity contribution in [1.82, 2.24) is 0 Å². The summed E-state index contributed by atoms with van der Waals surface area (Å²) in [6, 6.07) is 0. The van der Waals surface area contributed by atoms with E-state index in [1.54, 1.807) is 0 Å². The molecule has 1 unspecified atom stereocenters. The van der Waals surface area contributed by atoms with Gasteiger partial charge in [-0.2, -0.15) is 22.0 Å². The number of hydrogen-bond acceptors (Lipinski definition) is 1. The summed E-state index contributed by atoms with van der Waals surface area (Å²) in [6.45, 7) is 0. The fraction of sp³-hybridized carbons (Fsp3) is 0.333. The van der Waals surface area contributed by atoms with E-state index < -0.39 is 27.2 Å². The van der Waals surface area contributed by atoms with Crippen LogP contribution in [0.4, 0.5) is 22.0 Å². The number of hydrogen-bond donors (Lipinski definition) is 0. The molecule has 66 valence electrons. The second-order valence-electron chi connectivity index (χ2n) is 1.31. The molecule has 0 aliphatic carbocycles. The highest BCUT2D eigenvalue weighted by molar-refractivity contribution is 8.09. The lowest BCUT2D eigenvalue weighted by molar-refractivity contribution is 0.103. The number of halogens is 6. The Labute approximate surface area is 64.8 Å². The van der Waals surface area contributed by atoms with Crippen LogP contribution in [0.3, 0.4) is 0 Å². The molecule has 0 aliphatic rings. The van der Waals surface area contributed by atoms with Crippen molar-refractivity contribution in [2.24, 2.45) is 0 Å². The Morgan fingerprint density at radius 1 is 1.27 bits per heavy atom. The van der Waals surface area contributed by atoms with Crippen LogP contribution < -0.4 is 0 Å². The molecule has 0 bridgehead atoms. The summed E-state index contributed by atoms with van der Waals surface area (Å²) in [5, 5.41) is -4.82. The molecular weight excluding hydrogens is 215 g/mol. The Hall–Kier alpha value is -0.170. The number of alkyl halides is 2. The SMILES string of the molecule is O=S(Cl)C(F)(F)C(F)=C(F)F. The average molecular weight is 215 g/mol. The zero-order chi connectivity index (χ0) is 9.23. The van der Waals surface area contributed by atoms with E-state index in [4.69, 9.17) is 0 Å². The largest absolute Gasteiger partial charge is 0.390 e. The van der Waals surface area contributed by atoms with Crippen LogP contribution in [0, 0.1) is 0 Å². The zero-order valence-corrected chi connectivity index (χ0v) is 6.16. The van der Waals surface area contributed by atoms with Crippen LogP contribution in [0.2, 0.25) is 0 Å². The van der Waals surface area contributed by atoms with Crippen LogP contribution in [0.1, 0.15) is 0 Å². The van der Waals surface area contributed by atoms with E-state index in [-0.39, 0.29) is 0 Å². The molecule has 8 heteroatoms. The van der Waals surface area contributed by atoms with Crippen LogP contribution in [0.25, 0.3) is 0 Å². The second kappa shape index (κ2) is 3.48. The maximum absolute atomic E-state index is 11.8. The molecule has 0 aromatic carbocycles. The standard InChI is InChI=1S/C3ClF5OS/c4-11(10)3(8,9)1(5)2(6)7. The van der Waals surface area contributed by atoms with Crippen LogP contribution >= 0.6 is 10.7 Å². The van der Waals surface area contributed by atoms with Gasteiger partial charge in [-0.3, -0.25) is 0 Å². The quantitative estimate of drug-likeness (QED) is 0.510. The van der Waals surface area contributed by atoms with Crippen molar-refractivity contribution in [1.29, 1.82) is 0 Å². The molecule has 0 spiro atoms. The molecule has 1 nitrogen and oxygen atoms in total. The van der Waals surface area contributed by atoms with E-state index in [2.05, 4.69) is 10.7 Å². The van der Waals surface area contributed by atoms with Crippen LogP contribution in [0.15, 0.2) is 11.9 Å². The maximum Gasteiger partial charge on any atom is 0.390 e. The van der Waals surface area contributed by atoms with Gasteiger partial charge in [-0.25, -0.2) is 4.21 Å². The summed E-state index contributed by atoms with van der Waals surface area (Å²) in [7, 11) is 0.723. The summed E-state index contributed by atoms with van der Waals surface area (Å²) >= 11 is 0. The van der Waals surface area contributed by atoms with Gasteiger partial charge in [0.1, 0.15) is 0 Å². The summed E-state index contributed by atoms with van der Waals surface area (Å²) < 4.78 is 67.3. The molecule has 0 radical (unpaired) electrons. The van der Waals surface area contributed by atoms with Gasteiger partial charge >= 0.3 is 11.3 Å². The monoisotopic (exact) mass is 214 g/mol.